The number of aryl methyl sites for hydroxylation is 1. The number of amides is 1. The van der Waals surface area contributed by atoms with Crippen molar-refractivity contribution in [2.75, 3.05) is 18.1 Å². The SMILES string of the molecule is CCOC(=O)c1ccc(N(Cc2ccncc2)C(=O)COc2cc(C)ccc2C(C)C)cc1. The van der Waals surface area contributed by atoms with Crippen LogP contribution in [0.2, 0.25) is 0 Å². The Hall–Kier alpha value is -3.67. The lowest BCUT2D eigenvalue weighted by Crippen LogP contribution is -2.34. The predicted molar refractivity (Wildman–Crippen MR) is 129 cm³/mol. The minimum Gasteiger partial charge on any atom is -0.483 e. The molecule has 0 aliphatic rings. The Morgan fingerprint density at radius 2 is 1.70 bits per heavy atom. The van der Waals surface area contributed by atoms with E-state index in [-0.39, 0.29) is 24.4 Å². The van der Waals surface area contributed by atoms with Gasteiger partial charge >= 0.3 is 5.97 Å². The number of ether oxygens (including phenoxy) is 2. The molecule has 6 heteroatoms. The lowest BCUT2D eigenvalue weighted by Gasteiger charge is -2.24. The van der Waals surface area contributed by atoms with Gasteiger partial charge in [-0.25, -0.2) is 4.79 Å². The number of esters is 1. The summed E-state index contributed by atoms with van der Waals surface area (Å²) in [5.74, 6) is 0.422. The maximum Gasteiger partial charge on any atom is 0.338 e. The van der Waals surface area contributed by atoms with Crippen molar-refractivity contribution in [1.82, 2.24) is 4.98 Å². The highest BCUT2D eigenvalue weighted by atomic mass is 16.5. The van der Waals surface area contributed by atoms with Gasteiger partial charge in [0.25, 0.3) is 5.91 Å². The minimum atomic E-state index is -0.389. The van der Waals surface area contributed by atoms with Crippen LogP contribution in [0.15, 0.2) is 67.0 Å². The molecule has 0 bridgehead atoms. The van der Waals surface area contributed by atoms with E-state index < -0.39 is 0 Å². The van der Waals surface area contributed by atoms with E-state index in [1.807, 2.05) is 37.3 Å². The molecule has 1 heterocycles. The molecule has 0 N–H and O–H groups in total. The third-order valence-electron chi connectivity index (χ3n) is 5.22. The van der Waals surface area contributed by atoms with Gasteiger partial charge in [0.15, 0.2) is 6.61 Å². The number of pyridine rings is 1. The van der Waals surface area contributed by atoms with E-state index >= 15 is 0 Å². The van der Waals surface area contributed by atoms with Gasteiger partial charge in [-0.05, 0) is 78.9 Å². The molecule has 0 fully saturated rings. The summed E-state index contributed by atoms with van der Waals surface area (Å²) in [6.07, 6.45) is 3.39. The van der Waals surface area contributed by atoms with Gasteiger partial charge in [0.2, 0.25) is 0 Å². The predicted octanol–water partition coefficient (Wildman–Crippen LogP) is 5.30. The average Bonchev–Trinajstić information content (AvgIpc) is 2.82. The highest BCUT2D eigenvalue weighted by Gasteiger charge is 2.19. The van der Waals surface area contributed by atoms with Crippen LogP contribution >= 0.6 is 0 Å². The van der Waals surface area contributed by atoms with Crippen LogP contribution in [0.25, 0.3) is 0 Å². The normalized spacial score (nSPS) is 10.7. The summed E-state index contributed by atoms with van der Waals surface area (Å²) in [6.45, 7) is 8.52. The molecular formula is C27H30N2O4. The van der Waals surface area contributed by atoms with E-state index in [4.69, 9.17) is 9.47 Å². The largest absolute Gasteiger partial charge is 0.483 e. The van der Waals surface area contributed by atoms with Crippen LogP contribution in [-0.2, 0) is 16.1 Å². The van der Waals surface area contributed by atoms with E-state index in [0.717, 1.165) is 22.4 Å². The van der Waals surface area contributed by atoms with E-state index in [9.17, 15) is 9.59 Å². The molecule has 33 heavy (non-hydrogen) atoms. The van der Waals surface area contributed by atoms with Crippen molar-refractivity contribution < 1.29 is 19.1 Å². The van der Waals surface area contributed by atoms with Gasteiger partial charge in [0.05, 0.1) is 18.7 Å². The Morgan fingerprint density at radius 3 is 2.33 bits per heavy atom. The van der Waals surface area contributed by atoms with E-state index in [1.54, 1.807) is 48.5 Å². The Balaban J connectivity index is 1.83. The van der Waals surface area contributed by atoms with Crippen molar-refractivity contribution in [3.63, 3.8) is 0 Å². The summed E-state index contributed by atoms with van der Waals surface area (Å²) >= 11 is 0. The molecule has 6 nitrogen and oxygen atoms in total. The second-order valence-electron chi connectivity index (χ2n) is 8.09. The van der Waals surface area contributed by atoms with Gasteiger partial charge in [0.1, 0.15) is 5.75 Å². The number of carbonyl (C=O) groups excluding carboxylic acids is 2. The van der Waals surface area contributed by atoms with Crippen LogP contribution < -0.4 is 9.64 Å². The monoisotopic (exact) mass is 446 g/mol. The number of anilines is 1. The highest BCUT2D eigenvalue weighted by Crippen LogP contribution is 2.28. The fraction of sp³-hybridized carbons (Fsp3) is 0.296. The second kappa shape index (κ2) is 11.3. The van der Waals surface area contributed by atoms with Gasteiger partial charge in [0, 0.05) is 18.1 Å². The molecule has 0 saturated carbocycles. The molecule has 2 aromatic carbocycles. The fourth-order valence-electron chi connectivity index (χ4n) is 3.45. The first-order valence-electron chi connectivity index (χ1n) is 11.1. The number of rotatable bonds is 9. The molecule has 0 saturated heterocycles. The van der Waals surface area contributed by atoms with Crippen molar-refractivity contribution >= 4 is 17.6 Å². The summed E-state index contributed by atoms with van der Waals surface area (Å²) in [6, 6.07) is 16.6. The van der Waals surface area contributed by atoms with Crippen LogP contribution in [0.3, 0.4) is 0 Å². The quantitative estimate of drug-likeness (QED) is 0.417. The first-order valence-corrected chi connectivity index (χ1v) is 11.1. The molecule has 0 unspecified atom stereocenters. The molecule has 0 aliphatic carbocycles. The van der Waals surface area contributed by atoms with Gasteiger partial charge < -0.3 is 14.4 Å². The molecule has 0 spiro atoms. The van der Waals surface area contributed by atoms with Crippen LogP contribution in [0.4, 0.5) is 5.69 Å². The zero-order valence-electron chi connectivity index (χ0n) is 19.6. The smallest absolute Gasteiger partial charge is 0.338 e. The number of hydrogen-bond donors (Lipinski definition) is 0. The first kappa shape index (κ1) is 24.0. The van der Waals surface area contributed by atoms with Crippen molar-refractivity contribution in [1.29, 1.82) is 0 Å². The van der Waals surface area contributed by atoms with Gasteiger partial charge in [-0.1, -0.05) is 26.0 Å². The topological polar surface area (TPSA) is 68.7 Å². The summed E-state index contributed by atoms with van der Waals surface area (Å²) in [5.41, 5.74) is 4.18. The lowest BCUT2D eigenvalue weighted by atomic mass is 10.0. The van der Waals surface area contributed by atoms with E-state index in [1.165, 1.54) is 0 Å². The van der Waals surface area contributed by atoms with Gasteiger partial charge in [-0.3, -0.25) is 9.78 Å². The number of nitrogens with zero attached hydrogens (tertiary/aromatic N) is 2. The molecular weight excluding hydrogens is 416 g/mol. The number of aromatic nitrogens is 1. The first-order chi connectivity index (χ1) is 15.9. The number of hydrogen-bond acceptors (Lipinski definition) is 5. The number of benzene rings is 2. The average molecular weight is 447 g/mol. The van der Waals surface area contributed by atoms with Crippen LogP contribution in [0.5, 0.6) is 5.75 Å². The number of carbonyl (C=O) groups is 2. The molecule has 0 radical (unpaired) electrons. The lowest BCUT2D eigenvalue weighted by molar-refractivity contribution is -0.120. The highest BCUT2D eigenvalue weighted by molar-refractivity contribution is 5.95. The van der Waals surface area contributed by atoms with Crippen molar-refractivity contribution in [3.8, 4) is 5.75 Å². The van der Waals surface area contributed by atoms with Gasteiger partial charge in [-0.15, -0.1) is 0 Å². The Morgan fingerprint density at radius 1 is 1.00 bits per heavy atom. The molecule has 172 valence electrons. The van der Waals surface area contributed by atoms with E-state index in [2.05, 4.69) is 18.8 Å². The van der Waals surface area contributed by atoms with Gasteiger partial charge in [-0.2, -0.15) is 0 Å². The molecule has 1 aromatic heterocycles. The summed E-state index contributed by atoms with van der Waals surface area (Å²) < 4.78 is 11.1. The second-order valence-corrected chi connectivity index (χ2v) is 8.09. The van der Waals surface area contributed by atoms with Crippen molar-refractivity contribution in [2.24, 2.45) is 0 Å². The minimum absolute atomic E-state index is 0.103. The molecule has 0 atom stereocenters. The fourth-order valence-corrected chi connectivity index (χ4v) is 3.45. The maximum atomic E-state index is 13.3. The zero-order valence-corrected chi connectivity index (χ0v) is 19.6. The molecule has 1 amide bonds. The third kappa shape index (κ3) is 6.42. The maximum absolute atomic E-state index is 13.3. The molecule has 0 aliphatic heterocycles. The molecule has 3 rings (SSSR count). The standard InChI is InChI=1S/C27H30N2O4/c1-5-32-27(31)22-7-9-23(10-8-22)29(17-21-12-14-28-15-13-21)26(30)18-33-25-16-20(4)6-11-24(25)19(2)3/h6-16,19H,5,17-18H2,1-4H3. The molecule has 3 aromatic rings. The van der Waals surface area contributed by atoms with Crippen molar-refractivity contribution in [2.45, 2.75) is 40.2 Å². The van der Waals surface area contributed by atoms with Crippen molar-refractivity contribution in [3.05, 3.63) is 89.2 Å². The van der Waals surface area contributed by atoms with Crippen LogP contribution in [0.1, 0.15) is 53.7 Å². The Bertz CT molecular complexity index is 1080. The van der Waals surface area contributed by atoms with E-state index in [0.29, 0.717) is 24.4 Å². The van der Waals surface area contributed by atoms with Crippen LogP contribution in [-0.4, -0.2) is 30.1 Å². The Labute approximate surface area is 195 Å². The zero-order chi connectivity index (χ0) is 23.8. The third-order valence-corrected chi connectivity index (χ3v) is 5.22. The Kier molecular flexibility index (Phi) is 8.19. The summed E-state index contributed by atoms with van der Waals surface area (Å²) in [7, 11) is 0. The summed E-state index contributed by atoms with van der Waals surface area (Å²) in [5, 5.41) is 0. The summed E-state index contributed by atoms with van der Waals surface area (Å²) in [4.78, 5) is 31.0. The van der Waals surface area contributed by atoms with Crippen LogP contribution in [0, 0.1) is 6.92 Å².